The second-order valence-electron chi connectivity index (χ2n) is 3.71. The maximum absolute atomic E-state index is 11.5. The zero-order valence-electron chi connectivity index (χ0n) is 8.14. The van der Waals surface area contributed by atoms with Crippen LogP contribution in [-0.4, -0.2) is 11.0 Å². The SMILES string of the molecule is NC(=S)NC(=O)[C@@H]1C[C@H]1c1ccccc1. The summed E-state index contributed by atoms with van der Waals surface area (Å²) in [5.41, 5.74) is 6.45. The van der Waals surface area contributed by atoms with Gasteiger partial charge in [-0.25, -0.2) is 0 Å². The van der Waals surface area contributed by atoms with Crippen LogP contribution in [0.2, 0.25) is 0 Å². The second kappa shape index (κ2) is 3.98. The van der Waals surface area contributed by atoms with Crippen molar-refractivity contribution in [2.45, 2.75) is 12.3 Å². The molecule has 15 heavy (non-hydrogen) atoms. The highest BCUT2D eigenvalue weighted by atomic mass is 32.1. The number of benzene rings is 1. The summed E-state index contributed by atoms with van der Waals surface area (Å²) in [5.74, 6) is 0.311. The van der Waals surface area contributed by atoms with Crippen molar-refractivity contribution < 1.29 is 4.79 Å². The van der Waals surface area contributed by atoms with Crippen LogP contribution >= 0.6 is 12.2 Å². The van der Waals surface area contributed by atoms with Crippen molar-refractivity contribution in [2.24, 2.45) is 11.7 Å². The topological polar surface area (TPSA) is 55.1 Å². The molecule has 1 saturated carbocycles. The first-order valence-corrected chi connectivity index (χ1v) is 5.24. The van der Waals surface area contributed by atoms with E-state index in [1.807, 2.05) is 30.3 Å². The lowest BCUT2D eigenvalue weighted by Gasteiger charge is -2.01. The van der Waals surface area contributed by atoms with Crippen LogP contribution in [0.5, 0.6) is 0 Å². The van der Waals surface area contributed by atoms with E-state index in [0.717, 1.165) is 6.42 Å². The Bertz CT molecular complexity index is 391. The van der Waals surface area contributed by atoms with Gasteiger partial charge in [0.25, 0.3) is 0 Å². The Hall–Kier alpha value is -1.42. The van der Waals surface area contributed by atoms with Gasteiger partial charge in [0.15, 0.2) is 5.11 Å². The van der Waals surface area contributed by atoms with E-state index >= 15 is 0 Å². The maximum atomic E-state index is 11.5. The van der Waals surface area contributed by atoms with Crippen LogP contribution in [0.1, 0.15) is 17.9 Å². The monoisotopic (exact) mass is 220 g/mol. The summed E-state index contributed by atoms with van der Waals surface area (Å²) in [7, 11) is 0. The average Bonchev–Trinajstić information content (AvgIpc) is 2.97. The van der Waals surface area contributed by atoms with Gasteiger partial charge in [-0.05, 0) is 30.1 Å². The number of carbonyl (C=O) groups is 1. The summed E-state index contributed by atoms with van der Waals surface area (Å²) < 4.78 is 0. The number of nitrogens with one attached hydrogen (secondary N) is 1. The van der Waals surface area contributed by atoms with Gasteiger partial charge in [-0.1, -0.05) is 30.3 Å². The molecule has 3 N–H and O–H groups in total. The van der Waals surface area contributed by atoms with Gasteiger partial charge < -0.3 is 11.1 Å². The summed E-state index contributed by atoms with van der Waals surface area (Å²) in [6, 6.07) is 10.0. The van der Waals surface area contributed by atoms with Gasteiger partial charge in [0.2, 0.25) is 5.91 Å². The van der Waals surface area contributed by atoms with E-state index in [0.29, 0.717) is 5.92 Å². The van der Waals surface area contributed by atoms with Crippen molar-refractivity contribution in [2.75, 3.05) is 0 Å². The van der Waals surface area contributed by atoms with Crippen molar-refractivity contribution in [3.05, 3.63) is 35.9 Å². The van der Waals surface area contributed by atoms with E-state index in [4.69, 9.17) is 5.73 Å². The first-order chi connectivity index (χ1) is 7.18. The molecule has 1 aliphatic rings. The molecule has 0 aromatic heterocycles. The molecule has 1 fully saturated rings. The van der Waals surface area contributed by atoms with Crippen LogP contribution in [0.3, 0.4) is 0 Å². The van der Waals surface area contributed by atoms with Gasteiger partial charge in [-0.2, -0.15) is 0 Å². The van der Waals surface area contributed by atoms with Crippen molar-refractivity contribution in [1.29, 1.82) is 0 Å². The summed E-state index contributed by atoms with van der Waals surface area (Å²) in [4.78, 5) is 11.5. The van der Waals surface area contributed by atoms with Crippen LogP contribution in [-0.2, 0) is 4.79 Å². The molecule has 1 amide bonds. The molecule has 0 heterocycles. The smallest absolute Gasteiger partial charge is 0.229 e. The first-order valence-electron chi connectivity index (χ1n) is 4.83. The number of hydrogen-bond donors (Lipinski definition) is 2. The molecule has 0 unspecified atom stereocenters. The van der Waals surface area contributed by atoms with E-state index in [-0.39, 0.29) is 16.9 Å². The third kappa shape index (κ3) is 2.33. The second-order valence-corrected chi connectivity index (χ2v) is 4.15. The van der Waals surface area contributed by atoms with Gasteiger partial charge in [0.05, 0.1) is 0 Å². The van der Waals surface area contributed by atoms with Gasteiger partial charge in [-0.15, -0.1) is 0 Å². The highest BCUT2D eigenvalue weighted by Crippen LogP contribution is 2.47. The molecule has 1 aliphatic carbocycles. The zero-order valence-corrected chi connectivity index (χ0v) is 8.96. The van der Waals surface area contributed by atoms with E-state index in [1.165, 1.54) is 5.56 Å². The minimum atomic E-state index is -0.0589. The number of thiocarbonyl (C=S) groups is 1. The number of carbonyl (C=O) groups excluding carboxylic acids is 1. The lowest BCUT2D eigenvalue weighted by Crippen LogP contribution is -2.36. The Morgan fingerprint density at radius 1 is 1.40 bits per heavy atom. The van der Waals surface area contributed by atoms with Gasteiger partial charge in [0, 0.05) is 5.92 Å². The molecule has 2 rings (SSSR count). The standard InChI is InChI=1S/C11H12N2OS/c12-11(15)13-10(14)9-6-8(9)7-4-2-1-3-5-7/h1-5,8-9H,6H2,(H3,12,13,14,15)/t8-,9+/m0/s1. The highest BCUT2D eigenvalue weighted by Gasteiger charge is 2.43. The number of amides is 1. The van der Waals surface area contributed by atoms with Gasteiger partial charge in [0.1, 0.15) is 0 Å². The number of hydrogen-bond acceptors (Lipinski definition) is 2. The molecule has 0 saturated heterocycles. The molecule has 0 bridgehead atoms. The molecule has 0 aliphatic heterocycles. The Labute approximate surface area is 93.7 Å². The molecule has 0 radical (unpaired) electrons. The number of nitrogens with two attached hydrogens (primary N) is 1. The molecule has 1 aromatic rings. The van der Waals surface area contributed by atoms with E-state index in [1.54, 1.807) is 0 Å². The quantitative estimate of drug-likeness (QED) is 0.735. The van der Waals surface area contributed by atoms with E-state index in [9.17, 15) is 4.79 Å². The average molecular weight is 220 g/mol. The minimum Gasteiger partial charge on any atom is -0.376 e. The maximum Gasteiger partial charge on any atom is 0.229 e. The fourth-order valence-corrected chi connectivity index (χ4v) is 1.87. The fourth-order valence-electron chi connectivity index (χ4n) is 1.77. The summed E-state index contributed by atoms with van der Waals surface area (Å²) in [6.07, 6.45) is 0.887. The zero-order chi connectivity index (χ0) is 10.8. The Kier molecular flexibility index (Phi) is 2.68. The fraction of sp³-hybridized carbons (Fsp3) is 0.273. The predicted molar refractivity (Wildman–Crippen MR) is 62.2 cm³/mol. The van der Waals surface area contributed by atoms with Crippen molar-refractivity contribution in [3.63, 3.8) is 0 Å². The lowest BCUT2D eigenvalue weighted by molar-refractivity contribution is -0.120. The van der Waals surface area contributed by atoms with Crippen molar-refractivity contribution in [1.82, 2.24) is 5.32 Å². The van der Waals surface area contributed by atoms with Crippen LogP contribution in [0, 0.1) is 5.92 Å². The lowest BCUT2D eigenvalue weighted by atomic mass is 10.1. The van der Waals surface area contributed by atoms with E-state index < -0.39 is 0 Å². The molecule has 78 valence electrons. The van der Waals surface area contributed by atoms with Crippen molar-refractivity contribution >= 4 is 23.2 Å². The Morgan fingerprint density at radius 2 is 2.07 bits per heavy atom. The van der Waals surface area contributed by atoms with Crippen LogP contribution in [0.15, 0.2) is 30.3 Å². The third-order valence-corrected chi connectivity index (χ3v) is 2.70. The van der Waals surface area contributed by atoms with E-state index in [2.05, 4.69) is 17.5 Å². The van der Waals surface area contributed by atoms with Gasteiger partial charge in [-0.3, -0.25) is 4.79 Å². The predicted octanol–water partition coefficient (Wildman–Crippen LogP) is 1.15. The molecular weight excluding hydrogens is 208 g/mol. The third-order valence-electron chi connectivity index (χ3n) is 2.60. The van der Waals surface area contributed by atoms with Gasteiger partial charge >= 0.3 is 0 Å². The molecular formula is C11H12N2OS. The molecule has 2 atom stereocenters. The summed E-state index contributed by atoms with van der Waals surface area (Å²) in [6.45, 7) is 0. The molecule has 4 heteroatoms. The molecule has 3 nitrogen and oxygen atoms in total. The van der Waals surface area contributed by atoms with Crippen molar-refractivity contribution in [3.8, 4) is 0 Å². The van der Waals surface area contributed by atoms with Crippen LogP contribution in [0.25, 0.3) is 0 Å². The van der Waals surface area contributed by atoms with Crippen LogP contribution < -0.4 is 11.1 Å². The normalized spacial score (nSPS) is 23.2. The number of rotatable bonds is 2. The summed E-state index contributed by atoms with van der Waals surface area (Å²) >= 11 is 4.62. The molecule has 1 aromatic carbocycles. The Morgan fingerprint density at radius 3 is 2.67 bits per heavy atom. The van der Waals surface area contributed by atoms with Crippen LogP contribution in [0.4, 0.5) is 0 Å². The highest BCUT2D eigenvalue weighted by molar-refractivity contribution is 7.80. The Balaban J connectivity index is 1.97. The first kappa shape index (κ1) is 10.1. The summed E-state index contributed by atoms with van der Waals surface area (Å²) in [5, 5.41) is 2.53. The minimum absolute atomic E-state index is 0.0360. The molecule has 0 spiro atoms. The largest absolute Gasteiger partial charge is 0.376 e.